The smallest absolute Gasteiger partial charge is 0.211 e. The molecule has 0 amide bonds. The summed E-state index contributed by atoms with van der Waals surface area (Å²) in [6.07, 6.45) is 6.83. The van der Waals surface area contributed by atoms with Crippen LogP contribution in [-0.4, -0.2) is 15.0 Å². The van der Waals surface area contributed by atoms with Crippen LogP contribution in [-0.2, 0) is 10.0 Å². The monoisotopic (exact) mass is 341 g/mol. The first-order valence-corrected chi connectivity index (χ1v) is 8.76. The van der Waals surface area contributed by atoms with Crippen molar-refractivity contribution < 1.29 is 8.42 Å². The summed E-state index contributed by atoms with van der Waals surface area (Å²) in [6, 6.07) is 6.73. The number of sulfonamides is 1. The predicted octanol–water partition coefficient (Wildman–Crippen LogP) is 2.94. The average Bonchev–Trinajstić information content (AvgIpc) is 2.99. The second kappa shape index (κ2) is 5.04. The first-order valence-electron chi connectivity index (χ1n) is 6.48. The van der Waals surface area contributed by atoms with E-state index >= 15 is 0 Å². The number of allylic oxidation sites excluding steroid dienone is 2. The van der Waals surface area contributed by atoms with Gasteiger partial charge in [0.25, 0.3) is 0 Å². The quantitative estimate of drug-likeness (QED) is 0.856. The summed E-state index contributed by atoms with van der Waals surface area (Å²) in [6.45, 7) is 0.546. The molecule has 102 valence electrons. The highest BCUT2D eigenvalue weighted by Crippen LogP contribution is 2.43. The van der Waals surface area contributed by atoms with Gasteiger partial charge in [0, 0.05) is 11.0 Å². The maximum absolute atomic E-state index is 12.2. The van der Waals surface area contributed by atoms with Gasteiger partial charge in [0.1, 0.15) is 0 Å². The van der Waals surface area contributed by atoms with Crippen molar-refractivity contribution in [2.75, 3.05) is 6.54 Å². The lowest BCUT2D eigenvalue weighted by molar-refractivity contribution is 0.440. The highest BCUT2D eigenvalue weighted by molar-refractivity contribution is 9.10. The van der Waals surface area contributed by atoms with Crippen molar-refractivity contribution in [1.82, 2.24) is 4.72 Å². The Bertz CT molecular complexity index is 594. The summed E-state index contributed by atoms with van der Waals surface area (Å²) < 4.78 is 27.9. The van der Waals surface area contributed by atoms with E-state index in [0.29, 0.717) is 29.2 Å². The van der Waals surface area contributed by atoms with Gasteiger partial charge in [0.2, 0.25) is 10.0 Å². The Morgan fingerprint density at radius 3 is 2.47 bits per heavy atom. The van der Waals surface area contributed by atoms with Gasteiger partial charge in [-0.3, -0.25) is 0 Å². The maximum Gasteiger partial charge on any atom is 0.240 e. The minimum atomic E-state index is -3.38. The number of fused-ring (bicyclic) bond motifs is 2. The van der Waals surface area contributed by atoms with Gasteiger partial charge < -0.3 is 0 Å². The van der Waals surface area contributed by atoms with E-state index in [1.165, 1.54) is 6.42 Å². The SMILES string of the molecule is O=S(=O)(NC[C@H]1C[C@@H]2C=C[C@H]1C2)c1ccc(Br)cc1. The van der Waals surface area contributed by atoms with Gasteiger partial charge >= 0.3 is 0 Å². The molecule has 0 aromatic heterocycles. The largest absolute Gasteiger partial charge is 0.240 e. The van der Waals surface area contributed by atoms with Crippen LogP contribution in [0.3, 0.4) is 0 Å². The molecule has 0 saturated heterocycles. The molecule has 2 bridgehead atoms. The Balaban J connectivity index is 1.66. The molecule has 2 aliphatic carbocycles. The summed E-state index contributed by atoms with van der Waals surface area (Å²) >= 11 is 3.30. The van der Waals surface area contributed by atoms with E-state index in [0.717, 1.165) is 10.9 Å². The van der Waals surface area contributed by atoms with E-state index in [4.69, 9.17) is 0 Å². The van der Waals surface area contributed by atoms with Gasteiger partial charge in [-0.1, -0.05) is 28.1 Å². The van der Waals surface area contributed by atoms with Crippen molar-refractivity contribution in [3.05, 3.63) is 40.9 Å². The zero-order chi connectivity index (χ0) is 13.5. The van der Waals surface area contributed by atoms with E-state index in [1.54, 1.807) is 24.3 Å². The van der Waals surface area contributed by atoms with Gasteiger partial charge in [-0.2, -0.15) is 0 Å². The molecule has 1 N–H and O–H groups in total. The van der Waals surface area contributed by atoms with Crippen LogP contribution in [0.25, 0.3) is 0 Å². The van der Waals surface area contributed by atoms with Crippen LogP contribution in [0.5, 0.6) is 0 Å². The maximum atomic E-state index is 12.2. The molecule has 1 fully saturated rings. The topological polar surface area (TPSA) is 46.2 Å². The molecule has 3 atom stereocenters. The van der Waals surface area contributed by atoms with E-state index < -0.39 is 10.0 Å². The second-order valence-electron chi connectivity index (χ2n) is 5.35. The number of rotatable bonds is 4. The van der Waals surface area contributed by atoms with Gasteiger partial charge in [-0.25, -0.2) is 13.1 Å². The molecular weight excluding hydrogens is 326 g/mol. The molecule has 1 aromatic carbocycles. The van der Waals surface area contributed by atoms with Crippen molar-refractivity contribution in [3.8, 4) is 0 Å². The molecule has 3 rings (SSSR count). The summed E-state index contributed by atoms with van der Waals surface area (Å²) in [4.78, 5) is 0.328. The van der Waals surface area contributed by atoms with Crippen LogP contribution < -0.4 is 4.72 Å². The van der Waals surface area contributed by atoms with Crippen molar-refractivity contribution >= 4 is 26.0 Å². The van der Waals surface area contributed by atoms with Crippen molar-refractivity contribution in [2.24, 2.45) is 17.8 Å². The Morgan fingerprint density at radius 1 is 1.16 bits per heavy atom. The number of hydrogen-bond donors (Lipinski definition) is 1. The first-order chi connectivity index (χ1) is 9.04. The van der Waals surface area contributed by atoms with Crippen LogP contribution >= 0.6 is 15.9 Å². The Hall–Kier alpha value is -0.650. The molecule has 1 saturated carbocycles. The number of halogens is 1. The van der Waals surface area contributed by atoms with Crippen molar-refractivity contribution in [2.45, 2.75) is 17.7 Å². The molecule has 0 unspecified atom stereocenters. The molecular formula is C14H16BrNO2S. The lowest BCUT2D eigenvalue weighted by Gasteiger charge is -2.18. The number of benzene rings is 1. The fourth-order valence-electron chi connectivity index (χ4n) is 3.04. The Kier molecular flexibility index (Phi) is 3.53. The third-order valence-electron chi connectivity index (χ3n) is 4.08. The van der Waals surface area contributed by atoms with Crippen LogP contribution in [0.15, 0.2) is 45.8 Å². The molecule has 0 aliphatic heterocycles. The molecule has 19 heavy (non-hydrogen) atoms. The minimum Gasteiger partial charge on any atom is -0.211 e. The normalized spacial score (nSPS) is 29.0. The van der Waals surface area contributed by atoms with Gasteiger partial charge in [0.15, 0.2) is 0 Å². The van der Waals surface area contributed by atoms with Gasteiger partial charge in [-0.15, -0.1) is 0 Å². The van der Waals surface area contributed by atoms with Crippen molar-refractivity contribution in [3.63, 3.8) is 0 Å². The van der Waals surface area contributed by atoms with Crippen LogP contribution in [0.2, 0.25) is 0 Å². The zero-order valence-corrected chi connectivity index (χ0v) is 12.8. The highest BCUT2D eigenvalue weighted by atomic mass is 79.9. The average molecular weight is 342 g/mol. The van der Waals surface area contributed by atoms with Gasteiger partial charge in [0.05, 0.1) is 4.90 Å². The fraction of sp³-hybridized carbons (Fsp3) is 0.429. The first kappa shape index (κ1) is 13.3. The Labute approximate surface area is 122 Å². The van der Waals surface area contributed by atoms with E-state index in [2.05, 4.69) is 32.8 Å². The summed E-state index contributed by atoms with van der Waals surface area (Å²) in [7, 11) is -3.38. The summed E-state index contributed by atoms with van der Waals surface area (Å²) in [5, 5.41) is 0. The zero-order valence-electron chi connectivity index (χ0n) is 10.4. The third-order valence-corrected chi connectivity index (χ3v) is 6.04. The molecule has 5 heteroatoms. The summed E-state index contributed by atoms with van der Waals surface area (Å²) in [5.74, 6) is 1.70. The molecule has 1 aromatic rings. The lowest BCUT2D eigenvalue weighted by atomic mass is 9.94. The Morgan fingerprint density at radius 2 is 1.89 bits per heavy atom. The van der Waals surface area contributed by atoms with Crippen LogP contribution in [0, 0.1) is 17.8 Å². The second-order valence-corrected chi connectivity index (χ2v) is 8.03. The number of hydrogen-bond acceptors (Lipinski definition) is 2. The molecule has 0 spiro atoms. The molecule has 3 nitrogen and oxygen atoms in total. The van der Waals surface area contributed by atoms with Crippen LogP contribution in [0.1, 0.15) is 12.8 Å². The predicted molar refractivity (Wildman–Crippen MR) is 78.2 cm³/mol. The van der Waals surface area contributed by atoms with E-state index in [-0.39, 0.29) is 0 Å². The highest BCUT2D eigenvalue weighted by Gasteiger charge is 2.35. The summed E-state index contributed by atoms with van der Waals surface area (Å²) in [5.41, 5.74) is 0. The standard InChI is InChI=1S/C14H16BrNO2S/c15-13-3-5-14(6-4-13)19(17,18)16-9-12-8-10-1-2-11(12)7-10/h1-6,10-12,16H,7-9H2/t10-,11+,12-/m1/s1. The molecule has 2 aliphatic rings. The van der Waals surface area contributed by atoms with Gasteiger partial charge in [-0.05, 0) is 54.9 Å². The number of nitrogens with one attached hydrogen (secondary N) is 1. The van der Waals surface area contributed by atoms with E-state index in [9.17, 15) is 8.42 Å². The molecule has 0 heterocycles. The molecule has 0 radical (unpaired) electrons. The van der Waals surface area contributed by atoms with Crippen molar-refractivity contribution in [1.29, 1.82) is 0 Å². The fourth-order valence-corrected chi connectivity index (χ4v) is 4.40. The van der Waals surface area contributed by atoms with Crippen LogP contribution in [0.4, 0.5) is 0 Å². The van der Waals surface area contributed by atoms with E-state index in [1.807, 2.05) is 0 Å². The lowest BCUT2D eigenvalue weighted by Crippen LogP contribution is -2.31. The minimum absolute atomic E-state index is 0.328. The third kappa shape index (κ3) is 2.78.